The molecule has 2 aromatic rings. The van der Waals surface area contributed by atoms with Gasteiger partial charge in [0.15, 0.2) is 0 Å². The van der Waals surface area contributed by atoms with Crippen LogP contribution in [0.15, 0.2) is 30.5 Å². The van der Waals surface area contributed by atoms with Crippen molar-refractivity contribution >= 4 is 16.9 Å². The van der Waals surface area contributed by atoms with Gasteiger partial charge in [-0.2, -0.15) is 0 Å². The minimum absolute atomic E-state index is 0.245. The largest absolute Gasteiger partial charge is 0.469 e. The van der Waals surface area contributed by atoms with Gasteiger partial charge in [0.25, 0.3) is 0 Å². The molecule has 100 valence electrons. The van der Waals surface area contributed by atoms with E-state index in [4.69, 9.17) is 0 Å². The number of aromatic amines is 1. The van der Waals surface area contributed by atoms with E-state index >= 15 is 0 Å². The van der Waals surface area contributed by atoms with Crippen LogP contribution in [0.5, 0.6) is 0 Å². The lowest BCUT2D eigenvalue weighted by Gasteiger charge is -1.90. The number of H-pyrrole nitrogens is 1. The molecule has 18 heavy (non-hydrogen) atoms. The van der Waals surface area contributed by atoms with Gasteiger partial charge in [-0.05, 0) is 25.1 Å². The smallest absolute Gasteiger partial charge is 0.302 e. The topological polar surface area (TPSA) is 68.1 Å². The number of esters is 1. The van der Waals surface area contributed by atoms with Crippen molar-refractivity contribution < 1.29 is 9.53 Å². The predicted molar refractivity (Wildman–Crippen MR) is 75.5 cm³/mol. The quantitative estimate of drug-likeness (QED) is 0.764. The summed E-state index contributed by atoms with van der Waals surface area (Å²) in [6.07, 6.45) is 3.19. The number of methoxy groups -OCH3 is 1. The molecular weight excluding hydrogens is 228 g/mol. The molecule has 0 unspecified atom stereocenters. The fraction of sp³-hybridized carbons (Fsp3) is 0.357. The van der Waals surface area contributed by atoms with Gasteiger partial charge in [-0.25, -0.2) is 0 Å². The van der Waals surface area contributed by atoms with Crippen molar-refractivity contribution in [3.8, 4) is 0 Å². The van der Waals surface area contributed by atoms with Gasteiger partial charge in [-0.15, -0.1) is 0 Å². The van der Waals surface area contributed by atoms with Crippen molar-refractivity contribution in [1.29, 1.82) is 0 Å². The fourth-order valence-electron chi connectivity index (χ4n) is 1.42. The van der Waals surface area contributed by atoms with Crippen LogP contribution in [0, 0.1) is 0 Å². The van der Waals surface area contributed by atoms with E-state index in [2.05, 4.69) is 52.8 Å². The summed E-state index contributed by atoms with van der Waals surface area (Å²) in [5, 5.41) is 1.36. The van der Waals surface area contributed by atoms with Crippen LogP contribution in [-0.4, -0.2) is 25.1 Å². The third kappa shape index (κ3) is 5.01. The van der Waals surface area contributed by atoms with E-state index in [-0.39, 0.29) is 5.97 Å². The van der Waals surface area contributed by atoms with Crippen LogP contribution in [0.1, 0.15) is 19.4 Å². The van der Waals surface area contributed by atoms with Gasteiger partial charge >= 0.3 is 5.97 Å². The van der Waals surface area contributed by atoms with Crippen LogP contribution in [0.3, 0.4) is 0 Å². The number of carbonyl (C=O) groups excluding carboxylic acids is 1. The van der Waals surface area contributed by atoms with Crippen LogP contribution in [0.25, 0.3) is 10.9 Å². The molecule has 0 bridgehead atoms. The number of carbonyl (C=O) groups is 1. The Balaban J connectivity index is 0.000000354. The maximum atomic E-state index is 9.59. The molecule has 2 rings (SSSR count). The standard InChI is InChI=1S/C10H11N.C3H6O2.CH5N/c1-2-8-7-11-10-6-4-3-5-9(8)10;1-3(4)5-2;1-2/h3-7,11H,2H2,1H3;1-2H3;2H2,1H3. The first kappa shape index (κ1) is 16.2. The van der Waals surface area contributed by atoms with Crippen LogP contribution in [-0.2, 0) is 16.0 Å². The molecule has 0 aliphatic carbocycles. The zero-order chi connectivity index (χ0) is 14.0. The monoisotopic (exact) mass is 250 g/mol. The molecule has 4 nitrogen and oxygen atoms in total. The van der Waals surface area contributed by atoms with Gasteiger partial charge < -0.3 is 15.5 Å². The number of aryl methyl sites for hydroxylation is 1. The maximum absolute atomic E-state index is 9.59. The van der Waals surface area contributed by atoms with E-state index in [1.165, 1.54) is 37.5 Å². The van der Waals surface area contributed by atoms with Gasteiger partial charge in [0, 0.05) is 24.0 Å². The van der Waals surface area contributed by atoms with Crippen molar-refractivity contribution in [1.82, 2.24) is 4.98 Å². The lowest BCUT2D eigenvalue weighted by atomic mass is 10.1. The number of para-hydroxylation sites is 1. The highest BCUT2D eigenvalue weighted by atomic mass is 16.5. The summed E-state index contributed by atoms with van der Waals surface area (Å²) in [5.41, 5.74) is 7.14. The number of nitrogens with one attached hydrogen (secondary N) is 1. The minimum Gasteiger partial charge on any atom is -0.469 e. The number of aromatic nitrogens is 1. The molecule has 0 amide bonds. The summed E-state index contributed by atoms with van der Waals surface area (Å²) >= 11 is 0. The SMILES string of the molecule is CCc1c[nH]c2ccccc12.CN.COC(C)=O. The second kappa shape index (κ2) is 9.24. The molecule has 3 N–H and O–H groups in total. The first-order valence-corrected chi connectivity index (χ1v) is 5.86. The molecule has 1 heterocycles. The average molecular weight is 250 g/mol. The molecule has 1 aromatic heterocycles. The summed E-state index contributed by atoms with van der Waals surface area (Å²) < 4.78 is 4.11. The van der Waals surface area contributed by atoms with E-state index < -0.39 is 0 Å². The van der Waals surface area contributed by atoms with Crippen molar-refractivity contribution in [3.63, 3.8) is 0 Å². The van der Waals surface area contributed by atoms with E-state index in [1.807, 2.05) is 0 Å². The molecule has 0 saturated carbocycles. The van der Waals surface area contributed by atoms with Gasteiger partial charge in [0.2, 0.25) is 0 Å². The summed E-state index contributed by atoms with van der Waals surface area (Å²) in [6.45, 7) is 3.54. The van der Waals surface area contributed by atoms with Crippen LogP contribution < -0.4 is 5.73 Å². The zero-order valence-corrected chi connectivity index (χ0v) is 11.5. The lowest BCUT2D eigenvalue weighted by Crippen LogP contribution is -1.88. The first-order chi connectivity index (χ1) is 8.69. The Labute approximate surface area is 108 Å². The number of nitrogens with two attached hydrogens (primary N) is 1. The summed E-state index contributed by atoms with van der Waals surface area (Å²) in [7, 11) is 2.85. The average Bonchev–Trinajstić information content (AvgIpc) is 2.84. The molecule has 1 aromatic carbocycles. The number of rotatable bonds is 1. The Morgan fingerprint density at radius 1 is 1.33 bits per heavy atom. The maximum Gasteiger partial charge on any atom is 0.302 e. The van der Waals surface area contributed by atoms with E-state index in [1.54, 1.807) is 0 Å². The Morgan fingerprint density at radius 3 is 2.39 bits per heavy atom. The number of benzene rings is 1. The van der Waals surface area contributed by atoms with Crippen LogP contribution in [0.2, 0.25) is 0 Å². The normalized spacial score (nSPS) is 8.72. The highest BCUT2D eigenvalue weighted by Crippen LogP contribution is 2.17. The number of fused-ring (bicyclic) bond motifs is 1. The van der Waals surface area contributed by atoms with Crippen LogP contribution in [0.4, 0.5) is 0 Å². The molecule has 0 atom stereocenters. The van der Waals surface area contributed by atoms with E-state index in [0.29, 0.717) is 0 Å². The van der Waals surface area contributed by atoms with Crippen molar-refractivity contribution in [2.24, 2.45) is 5.73 Å². The highest BCUT2D eigenvalue weighted by Gasteiger charge is 1.97. The summed E-state index contributed by atoms with van der Waals surface area (Å²) in [5.74, 6) is -0.245. The third-order valence-electron chi connectivity index (χ3n) is 2.34. The fourth-order valence-corrected chi connectivity index (χ4v) is 1.42. The predicted octanol–water partition coefficient (Wildman–Crippen LogP) is 2.48. The van der Waals surface area contributed by atoms with E-state index in [9.17, 15) is 4.79 Å². The van der Waals surface area contributed by atoms with Crippen molar-refractivity contribution in [2.75, 3.05) is 14.2 Å². The summed E-state index contributed by atoms with van der Waals surface area (Å²) in [6, 6.07) is 8.40. The Kier molecular flexibility index (Phi) is 8.31. The lowest BCUT2D eigenvalue weighted by molar-refractivity contribution is -0.137. The van der Waals surface area contributed by atoms with Gasteiger partial charge in [-0.1, -0.05) is 25.1 Å². The van der Waals surface area contributed by atoms with Gasteiger partial charge in [-0.3, -0.25) is 4.79 Å². The number of hydrogen-bond acceptors (Lipinski definition) is 3. The molecule has 0 saturated heterocycles. The molecule has 0 aliphatic heterocycles. The molecule has 0 aliphatic rings. The third-order valence-corrected chi connectivity index (χ3v) is 2.34. The first-order valence-electron chi connectivity index (χ1n) is 5.86. The van der Waals surface area contributed by atoms with Gasteiger partial charge in [0.1, 0.15) is 0 Å². The number of hydrogen-bond donors (Lipinski definition) is 2. The van der Waals surface area contributed by atoms with Crippen molar-refractivity contribution in [3.05, 3.63) is 36.0 Å². The second-order valence-corrected chi connectivity index (χ2v) is 3.41. The minimum atomic E-state index is -0.245. The summed E-state index contributed by atoms with van der Waals surface area (Å²) in [4.78, 5) is 12.8. The Hall–Kier alpha value is -1.81. The second-order valence-electron chi connectivity index (χ2n) is 3.41. The van der Waals surface area contributed by atoms with E-state index in [0.717, 1.165) is 6.42 Å². The Bertz CT molecular complexity index is 464. The van der Waals surface area contributed by atoms with Gasteiger partial charge in [0.05, 0.1) is 7.11 Å². The zero-order valence-electron chi connectivity index (χ0n) is 11.5. The number of ether oxygens (including phenoxy) is 1. The highest BCUT2D eigenvalue weighted by molar-refractivity contribution is 5.82. The molecule has 0 radical (unpaired) electrons. The van der Waals surface area contributed by atoms with Crippen molar-refractivity contribution in [2.45, 2.75) is 20.3 Å². The Morgan fingerprint density at radius 2 is 1.89 bits per heavy atom. The molecule has 0 fully saturated rings. The van der Waals surface area contributed by atoms with Crippen LogP contribution >= 0.6 is 0 Å². The molecule has 0 spiro atoms. The molecule has 4 heteroatoms. The molecular formula is C14H22N2O2.